The fourth-order valence-electron chi connectivity index (χ4n) is 4.75. The van der Waals surface area contributed by atoms with E-state index < -0.39 is 11.0 Å². The van der Waals surface area contributed by atoms with Gasteiger partial charge < -0.3 is 9.84 Å². The highest BCUT2D eigenvalue weighted by atomic mass is 16.5. The summed E-state index contributed by atoms with van der Waals surface area (Å²) in [4.78, 5) is 12.5. The van der Waals surface area contributed by atoms with Crippen molar-refractivity contribution in [1.29, 1.82) is 0 Å². The molecule has 3 atom stereocenters. The molecule has 2 bridgehead atoms. The number of aliphatic hydroxyl groups is 1. The standard InChI is InChI=1S/C23H28O3/c1-4-22(2,3)21(24)26-20-12-11-19(17-7-5-6-8-18(17)20)23(25)14-15-9-10-16(23)13-15/h5-8,11-12,15-16,25H,4,9-10,13-14H2,1-3H3. The molecule has 0 amide bonds. The third-order valence-corrected chi connectivity index (χ3v) is 6.81. The molecule has 0 aromatic heterocycles. The van der Waals surface area contributed by atoms with Gasteiger partial charge in [0.1, 0.15) is 5.75 Å². The molecule has 3 unspecified atom stereocenters. The van der Waals surface area contributed by atoms with Crippen LogP contribution in [0.1, 0.15) is 58.4 Å². The minimum Gasteiger partial charge on any atom is -0.425 e. The molecular formula is C23H28O3. The van der Waals surface area contributed by atoms with Crippen LogP contribution >= 0.6 is 0 Å². The monoisotopic (exact) mass is 352 g/mol. The van der Waals surface area contributed by atoms with Crippen molar-refractivity contribution in [1.82, 2.24) is 0 Å². The van der Waals surface area contributed by atoms with Gasteiger partial charge in [-0.05, 0) is 74.8 Å². The Morgan fingerprint density at radius 1 is 1.19 bits per heavy atom. The van der Waals surface area contributed by atoms with Crippen molar-refractivity contribution < 1.29 is 14.6 Å². The van der Waals surface area contributed by atoms with Crippen LogP contribution in [0.4, 0.5) is 0 Å². The van der Waals surface area contributed by atoms with E-state index in [9.17, 15) is 9.90 Å². The Morgan fingerprint density at radius 2 is 1.92 bits per heavy atom. The summed E-state index contributed by atoms with van der Waals surface area (Å²) in [5, 5.41) is 13.4. The van der Waals surface area contributed by atoms with Gasteiger partial charge in [-0.2, -0.15) is 0 Å². The van der Waals surface area contributed by atoms with E-state index in [4.69, 9.17) is 4.74 Å². The second kappa shape index (κ2) is 6.09. The third-order valence-electron chi connectivity index (χ3n) is 6.81. The lowest BCUT2D eigenvalue weighted by Gasteiger charge is -2.34. The van der Waals surface area contributed by atoms with Gasteiger partial charge in [-0.1, -0.05) is 37.3 Å². The molecule has 3 heteroatoms. The van der Waals surface area contributed by atoms with Crippen LogP contribution < -0.4 is 4.74 Å². The largest absolute Gasteiger partial charge is 0.425 e. The predicted octanol–water partition coefficient (Wildman–Crippen LogP) is 5.19. The van der Waals surface area contributed by atoms with E-state index in [1.54, 1.807) is 0 Å². The maximum atomic E-state index is 12.5. The van der Waals surface area contributed by atoms with Gasteiger partial charge in [-0.3, -0.25) is 4.79 Å². The summed E-state index contributed by atoms with van der Waals surface area (Å²) in [5.74, 6) is 1.37. The highest BCUT2D eigenvalue weighted by molar-refractivity contribution is 5.94. The molecule has 4 rings (SSSR count). The SMILES string of the molecule is CCC(C)(C)C(=O)Oc1ccc(C2(O)CC3CCC2C3)c2ccccc12. The van der Waals surface area contributed by atoms with E-state index in [0.717, 1.165) is 42.0 Å². The van der Waals surface area contributed by atoms with Gasteiger partial charge >= 0.3 is 5.97 Å². The van der Waals surface area contributed by atoms with Gasteiger partial charge in [0, 0.05) is 5.39 Å². The van der Waals surface area contributed by atoms with Crippen molar-refractivity contribution in [2.45, 2.75) is 58.5 Å². The summed E-state index contributed by atoms with van der Waals surface area (Å²) in [7, 11) is 0. The summed E-state index contributed by atoms with van der Waals surface area (Å²) >= 11 is 0. The molecule has 0 saturated heterocycles. The molecule has 2 aromatic rings. The van der Waals surface area contributed by atoms with Crippen LogP contribution in [0.5, 0.6) is 5.75 Å². The molecule has 2 aliphatic carbocycles. The summed E-state index contributed by atoms with van der Waals surface area (Å²) in [5.41, 5.74) is -0.258. The Balaban J connectivity index is 1.76. The average molecular weight is 352 g/mol. The maximum absolute atomic E-state index is 12.5. The van der Waals surface area contributed by atoms with E-state index in [-0.39, 0.29) is 5.97 Å². The van der Waals surface area contributed by atoms with Crippen molar-refractivity contribution >= 4 is 16.7 Å². The van der Waals surface area contributed by atoms with Gasteiger partial charge in [-0.15, -0.1) is 0 Å². The van der Waals surface area contributed by atoms with E-state index in [2.05, 4.69) is 0 Å². The van der Waals surface area contributed by atoms with Crippen molar-refractivity contribution in [3.8, 4) is 5.75 Å². The first-order valence-electron chi connectivity index (χ1n) is 9.82. The fourth-order valence-corrected chi connectivity index (χ4v) is 4.75. The molecule has 1 N–H and O–H groups in total. The summed E-state index contributed by atoms with van der Waals surface area (Å²) < 4.78 is 5.78. The summed E-state index contributed by atoms with van der Waals surface area (Å²) in [6.45, 7) is 5.81. The van der Waals surface area contributed by atoms with E-state index in [1.807, 2.05) is 57.2 Å². The lowest BCUT2D eigenvalue weighted by Crippen LogP contribution is -2.32. The lowest BCUT2D eigenvalue weighted by molar-refractivity contribution is -0.144. The minimum atomic E-state index is -0.742. The van der Waals surface area contributed by atoms with Crippen molar-refractivity contribution in [3.05, 3.63) is 42.0 Å². The molecule has 0 radical (unpaired) electrons. The number of hydrogen-bond acceptors (Lipinski definition) is 3. The number of hydrogen-bond donors (Lipinski definition) is 1. The van der Waals surface area contributed by atoms with Crippen LogP contribution in [-0.4, -0.2) is 11.1 Å². The number of carbonyl (C=O) groups is 1. The molecule has 2 fully saturated rings. The van der Waals surface area contributed by atoms with Crippen molar-refractivity contribution in [2.75, 3.05) is 0 Å². The minimum absolute atomic E-state index is 0.212. The highest BCUT2D eigenvalue weighted by Crippen LogP contribution is 2.56. The molecule has 2 aliphatic rings. The zero-order valence-corrected chi connectivity index (χ0v) is 15.9. The molecule has 26 heavy (non-hydrogen) atoms. The van der Waals surface area contributed by atoms with Crippen LogP contribution in [0.3, 0.4) is 0 Å². The maximum Gasteiger partial charge on any atom is 0.316 e. The van der Waals surface area contributed by atoms with E-state index >= 15 is 0 Å². The number of fused-ring (bicyclic) bond motifs is 3. The second-order valence-electron chi connectivity index (χ2n) is 8.79. The molecule has 3 nitrogen and oxygen atoms in total. The van der Waals surface area contributed by atoms with Gasteiger partial charge in [0.05, 0.1) is 11.0 Å². The zero-order chi connectivity index (χ0) is 18.5. The summed E-state index contributed by atoms with van der Waals surface area (Å²) in [6.07, 6.45) is 5.06. The van der Waals surface area contributed by atoms with Crippen LogP contribution in [-0.2, 0) is 10.4 Å². The van der Waals surface area contributed by atoms with Gasteiger partial charge in [-0.25, -0.2) is 0 Å². The zero-order valence-electron chi connectivity index (χ0n) is 15.9. The first-order valence-corrected chi connectivity index (χ1v) is 9.82. The van der Waals surface area contributed by atoms with Gasteiger partial charge in [0.25, 0.3) is 0 Å². The first-order chi connectivity index (χ1) is 12.3. The molecular weight excluding hydrogens is 324 g/mol. The quantitative estimate of drug-likeness (QED) is 0.608. The number of rotatable bonds is 4. The Labute approximate surface area is 155 Å². The van der Waals surface area contributed by atoms with Crippen molar-refractivity contribution in [2.24, 2.45) is 17.3 Å². The smallest absolute Gasteiger partial charge is 0.316 e. The molecule has 0 spiro atoms. The average Bonchev–Trinajstić information content (AvgIpc) is 3.22. The first kappa shape index (κ1) is 17.5. The number of ether oxygens (including phenoxy) is 1. The summed E-state index contributed by atoms with van der Waals surface area (Å²) in [6, 6.07) is 11.8. The van der Waals surface area contributed by atoms with E-state index in [1.165, 1.54) is 6.42 Å². The molecule has 0 aliphatic heterocycles. The van der Waals surface area contributed by atoms with Gasteiger partial charge in [0.15, 0.2) is 0 Å². The number of esters is 1. The topological polar surface area (TPSA) is 46.5 Å². The Kier molecular flexibility index (Phi) is 4.11. The van der Waals surface area contributed by atoms with Crippen LogP contribution in [0, 0.1) is 17.3 Å². The Morgan fingerprint density at radius 3 is 2.54 bits per heavy atom. The van der Waals surface area contributed by atoms with E-state index in [0.29, 0.717) is 17.6 Å². The highest BCUT2D eigenvalue weighted by Gasteiger charge is 2.51. The Hall–Kier alpha value is -1.87. The van der Waals surface area contributed by atoms with Crippen LogP contribution in [0.15, 0.2) is 36.4 Å². The van der Waals surface area contributed by atoms with Crippen LogP contribution in [0.2, 0.25) is 0 Å². The van der Waals surface area contributed by atoms with Gasteiger partial charge in [0.2, 0.25) is 0 Å². The molecule has 2 aromatic carbocycles. The number of carbonyl (C=O) groups excluding carboxylic acids is 1. The fraction of sp³-hybridized carbons (Fsp3) is 0.522. The van der Waals surface area contributed by atoms with Crippen LogP contribution in [0.25, 0.3) is 10.8 Å². The predicted molar refractivity (Wildman–Crippen MR) is 103 cm³/mol. The normalized spacial score (nSPS) is 27.8. The molecule has 0 heterocycles. The lowest BCUT2D eigenvalue weighted by atomic mass is 9.77. The molecule has 138 valence electrons. The third kappa shape index (κ3) is 2.64. The Bertz CT molecular complexity index is 854. The van der Waals surface area contributed by atoms with Crippen molar-refractivity contribution in [3.63, 3.8) is 0 Å². The number of benzene rings is 2. The molecule has 2 saturated carbocycles. The second-order valence-corrected chi connectivity index (χ2v) is 8.79.